The second kappa shape index (κ2) is 7.36. The minimum Gasteiger partial charge on any atom is -0.355 e. The van der Waals surface area contributed by atoms with Crippen LogP contribution in [0.15, 0.2) is 45.6 Å². The molecule has 0 radical (unpaired) electrons. The first kappa shape index (κ1) is 19.0. The Balaban J connectivity index is 1.35. The molecule has 2 aromatic rings. The van der Waals surface area contributed by atoms with E-state index in [0.29, 0.717) is 28.8 Å². The number of allylic oxidation sites excluding steroid dienone is 2. The minimum atomic E-state index is -0.0536. The number of hydrogen-bond donors (Lipinski definition) is 1. The van der Waals surface area contributed by atoms with Gasteiger partial charge in [0, 0.05) is 37.1 Å². The molecule has 2 saturated heterocycles. The van der Waals surface area contributed by atoms with Gasteiger partial charge in [-0.1, -0.05) is 17.3 Å². The molecule has 5 rings (SSSR count). The number of piperidine rings is 1. The van der Waals surface area contributed by atoms with Crippen molar-refractivity contribution in [1.29, 1.82) is 0 Å². The highest BCUT2D eigenvalue weighted by Crippen LogP contribution is 2.36. The molecule has 8 nitrogen and oxygen atoms in total. The van der Waals surface area contributed by atoms with Crippen molar-refractivity contribution >= 4 is 11.6 Å². The summed E-state index contributed by atoms with van der Waals surface area (Å²) in [6, 6.07) is 7.67. The highest BCUT2D eigenvalue weighted by molar-refractivity contribution is 6.00. The highest BCUT2D eigenvalue weighted by atomic mass is 16.5. The highest BCUT2D eigenvalue weighted by Gasteiger charge is 2.46. The smallest absolute Gasteiger partial charge is 0.258 e. The van der Waals surface area contributed by atoms with Gasteiger partial charge in [-0.3, -0.25) is 14.7 Å². The molecule has 0 aliphatic carbocycles. The van der Waals surface area contributed by atoms with Crippen molar-refractivity contribution in [3.63, 3.8) is 0 Å². The number of nitrogens with zero attached hydrogens (tertiary/aromatic N) is 5. The van der Waals surface area contributed by atoms with Gasteiger partial charge in [-0.2, -0.15) is 4.98 Å². The maximum atomic E-state index is 13.4. The maximum absolute atomic E-state index is 13.4. The summed E-state index contributed by atoms with van der Waals surface area (Å²) in [5, 5.41) is 7.32. The summed E-state index contributed by atoms with van der Waals surface area (Å²) in [4.78, 5) is 26.8. The van der Waals surface area contributed by atoms with Gasteiger partial charge in [-0.25, -0.2) is 0 Å². The molecule has 4 heterocycles. The molecular weight excluding hydrogens is 380 g/mol. The first-order chi connectivity index (χ1) is 14.5. The van der Waals surface area contributed by atoms with Crippen LogP contribution in [0.2, 0.25) is 0 Å². The quantitative estimate of drug-likeness (QED) is 0.843. The lowest BCUT2D eigenvalue weighted by molar-refractivity contribution is -0.0401. The van der Waals surface area contributed by atoms with Gasteiger partial charge in [-0.05, 0) is 51.3 Å². The number of benzene rings is 1. The predicted octanol–water partition coefficient (Wildman–Crippen LogP) is 2.44. The Bertz CT molecular complexity index is 1040. The summed E-state index contributed by atoms with van der Waals surface area (Å²) < 4.78 is 5.33. The third kappa shape index (κ3) is 3.31. The van der Waals surface area contributed by atoms with Gasteiger partial charge in [0.05, 0.1) is 11.1 Å². The number of aryl methyl sites for hydroxylation is 1. The third-order valence-corrected chi connectivity index (χ3v) is 6.21. The van der Waals surface area contributed by atoms with Crippen LogP contribution < -0.4 is 5.32 Å². The van der Waals surface area contributed by atoms with Gasteiger partial charge in [0.15, 0.2) is 12.1 Å². The number of amides is 1. The lowest BCUT2D eigenvalue weighted by Gasteiger charge is -2.54. The van der Waals surface area contributed by atoms with Crippen molar-refractivity contribution in [2.45, 2.75) is 39.5 Å². The molecule has 3 aliphatic heterocycles. The molecule has 0 spiro atoms. The van der Waals surface area contributed by atoms with Crippen molar-refractivity contribution in [1.82, 2.24) is 25.3 Å². The number of fused-ring (bicyclic) bond motifs is 1. The summed E-state index contributed by atoms with van der Waals surface area (Å²) in [5.41, 5.74) is 3.46. The average Bonchev–Trinajstić information content (AvgIpc) is 3.14. The van der Waals surface area contributed by atoms with Crippen molar-refractivity contribution < 1.29 is 9.32 Å². The minimum absolute atomic E-state index is 0.0249. The molecule has 2 fully saturated rings. The van der Waals surface area contributed by atoms with E-state index in [0.717, 1.165) is 37.5 Å². The van der Waals surface area contributed by atoms with E-state index in [1.165, 1.54) is 0 Å². The molecule has 156 valence electrons. The first-order valence-electron chi connectivity index (χ1n) is 10.4. The molecule has 3 aliphatic rings. The van der Waals surface area contributed by atoms with Crippen LogP contribution in [0.25, 0.3) is 11.5 Å². The van der Waals surface area contributed by atoms with Crippen molar-refractivity contribution in [3.8, 4) is 11.5 Å². The molecule has 1 unspecified atom stereocenters. The van der Waals surface area contributed by atoms with Crippen LogP contribution in [0.1, 0.15) is 36.5 Å². The van der Waals surface area contributed by atoms with Crippen LogP contribution >= 0.6 is 0 Å². The zero-order valence-corrected chi connectivity index (χ0v) is 17.5. The van der Waals surface area contributed by atoms with Crippen LogP contribution in [0.5, 0.6) is 0 Å². The largest absolute Gasteiger partial charge is 0.355 e. The Morgan fingerprint density at radius 1 is 1.20 bits per heavy atom. The van der Waals surface area contributed by atoms with Gasteiger partial charge in [-0.15, -0.1) is 0 Å². The monoisotopic (exact) mass is 406 g/mol. The zero-order valence-electron chi connectivity index (χ0n) is 17.5. The Labute approximate surface area is 175 Å². The SMILES string of the molecule is CC1=CC(C)=NC(N2CC[C@@H]3CN(C(=O)c4ccccc4-c4nc(C)no4)[C@@H]3C2)N1. The van der Waals surface area contributed by atoms with E-state index in [9.17, 15) is 4.79 Å². The van der Waals surface area contributed by atoms with Gasteiger partial charge in [0.25, 0.3) is 11.8 Å². The standard InChI is InChI=1S/C22H26N6O2/c1-13-10-14(2)24-22(23-13)27-9-8-16-11-28(19(16)12-27)21(29)18-7-5-4-6-17(18)20-25-15(3)26-30-20/h4-7,10,16,19,22-23H,8-9,11-12H2,1-3H3/t16-,19-,22?/m1/s1. The van der Waals surface area contributed by atoms with Crippen LogP contribution in [0, 0.1) is 12.8 Å². The maximum Gasteiger partial charge on any atom is 0.258 e. The second-order valence-corrected chi connectivity index (χ2v) is 8.38. The molecule has 30 heavy (non-hydrogen) atoms. The molecule has 0 bridgehead atoms. The zero-order chi connectivity index (χ0) is 20.8. The Morgan fingerprint density at radius 3 is 2.80 bits per heavy atom. The molecule has 1 aromatic heterocycles. The van der Waals surface area contributed by atoms with Crippen LogP contribution in [-0.2, 0) is 0 Å². The molecule has 8 heteroatoms. The van der Waals surface area contributed by atoms with Crippen LogP contribution in [-0.4, -0.2) is 63.5 Å². The lowest BCUT2D eigenvalue weighted by Crippen LogP contribution is -2.67. The van der Waals surface area contributed by atoms with Crippen molar-refractivity contribution in [2.24, 2.45) is 10.9 Å². The van der Waals surface area contributed by atoms with Gasteiger partial charge in [0.2, 0.25) is 0 Å². The molecule has 3 atom stereocenters. The lowest BCUT2D eigenvalue weighted by atomic mass is 9.81. The van der Waals surface area contributed by atoms with Gasteiger partial charge >= 0.3 is 0 Å². The molecule has 1 aromatic carbocycles. The molecule has 1 amide bonds. The van der Waals surface area contributed by atoms with Crippen molar-refractivity contribution in [2.75, 3.05) is 19.6 Å². The van der Waals surface area contributed by atoms with E-state index in [2.05, 4.69) is 33.4 Å². The normalized spacial score (nSPS) is 26.2. The number of nitrogens with one attached hydrogen (secondary N) is 1. The van der Waals surface area contributed by atoms with Crippen LogP contribution in [0.4, 0.5) is 0 Å². The summed E-state index contributed by atoms with van der Waals surface area (Å²) in [5.74, 6) is 1.52. The Kier molecular flexibility index (Phi) is 4.66. The third-order valence-electron chi connectivity index (χ3n) is 6.21. The molecule has 0 saturated carbocycles. The van der Waals surface area contributed by atoms with Gasteiger partial charge in [0.1, 0.15) is 0 Å². The topological polar surface area (TPSA) is 86.9 Å². The van der Waals surface area contributed by atoms with E-state index in [1.54, 1.807) is 6.92 Å². The number of carbonyl (C=O) groups is 1. The molecule has 1 N–H and O–H groups in total. The number of aromatic nitrogens is 2. The van der Waals surface area contributed by atoms with Gasteiger partial charge < -0.3 is 14.7 Å². The van der Waals surface area contributed by atoms with E-state index < -0.39 is 0 Å². The predicted molar refractivity (Wildman–Crippen MR) is 113 cm³/mol. The summed E-state index contributed by atoms with van der Waals surface area (Å²) in [6.45, 7) is 8.47. The number of carbonyl (C=O) groups excluding carboxylic acids is 1. The van der Waals surface area contributed by atoms with Crippen molar-refractivity contribution in [3.05, 3.63) is 47.4 Å². The number of rotatable bonds is 3. The molecular formula is C22H26N6O2. The fourth-order valence-corrected chi connectivity index (χ4v) is 4.69. The number of likely N-dealkylation sites (tertiary alicyclic amines) is 2. The van der Waals surface area contributed by atoms with Crippen LogP contribution in [0.3, 0.4) is 0 Å². The summed E-state index contributed by atoms with van der Waals surface area (Å²) >= 11 is 0. The summed E-state index contributed by atoms with van der Waals surface area (Å²) in [6.07, 6.45) is 3.08. The Morgan fingerprint density at radius 2 is 2.03 bits per heavy atom. The van der Waals surface area contributed by atoms with E-state index in [1.807, 2.05) is 36.1 Å². The Hall–Kier alpha value is -3.00. The van der Waals surface area contributed by atoms with E-state index >= 15 is 0 Å². The second-order valence-electron chi connectivity index (χ2n) is 8.38. The fraction of sp³-hybridized carbons (Fsp3) is 0.455. The number of hydrogen-bond acceptors (Lipinski definition) is 7. The number of aliphatic imine (C=N–C) groups is 1. The van der Waals surface area contributed by atoms with E-state index in [-0.39, 0.29) is 18.2 Å². The summed E-state index contributed by atoms with van der Waals surface area (Å²) in [7, 11) is 0. The fourth-order valence-electron chi connectivity index (χ4n) is 4.69. The first-order valence-corrected chi connectivity index (χ1v) is 10.4. The average molecular weight is 406 g/mol. The van der Waals surface area contributed by atoms with E-state index in [4.69, 9.17) is 9.52 Å².